The van der Waals surface area contributed by atoms with Crippen molar-refractivity contribution in [1.82, 2.24) is 10.6 Å². The maximum atomic E-state index is 10.2. The summed E-state index contributed by atoms with van der Waals surface area (Å²) in [4.78, 5) is 0. The maximum Gasteiger partial charge on any atom is 0.0746 e. The fraction of sp³-hybridized carbons (Fsp3) is 1.00. The molecule has 1 aliphatic rings. The van der Waals surface area contributed by atoms with Crippen molar-refractivity contribution in [2.75, 3.05) is 26.3 Å². The average molecular weight is 258 g/mol. The number of ether oxygens (including phenoxy) is 1. The van der Waals surface area contributed by atoms with E-state index in [1.165, 1.54) is 0 Å². The fourth-order valence-electron chi connectivity index (χ4n) is 2.63. The quantitative estimate of drug-likeness (QED) is 0.641. The van der Waals surface area contributed by atoms with Crippen molar-refractivity contribution in [3.8, 4) is 0 Å². The van der Waals surface area contributed by atoms with Crippen LogP contribution in [0.15, 0.2) is 0 Å². The molecule has 0 aromatic rings. The highest BCUT2D eigenvalue weighted by atomic mass is 16.5. The molecule has 18 heavy (non-hydrogen) atoms. The van der Waals surface area contributed by atoms with E-state index in [9.17, 15) is 5.11 Å². The minimum Gasteiger partial charge on any atom is -0.389 e. The van der Waals surface area contributed by atoms with E-state index in [0.29, 0.717) is 24.5 Å². The van der Waals surface area contributed by atoms with Crippen LogP contribution in [0.2, 0.25) is 0 Å². The molecule has 0 amide bonds. The van der Waals surface area contributed by atoms with Crippen molar-refractivity contribution < 1.29 is 9.84 Å². The van der Waals surface area contributed by atoms with Gasteiger partial charge in [0.1, 0.15) is 0 Å². The van der Waals surface area contributed by atoms with Gasteiger partial charge in [-0.2, -0.15) is 0 Å². The third kappa shape index (κ3) is 6.69. The Hall–Kier alpha value is -0.160. The van der Waals surface area contributed by atoms with Gasteiger partial charge in [0.15, 0.2) is 0 Å². The van der Waals surface area contributed by atoms with Crippen molar-refractivity contribution in [3.05, 3.63) is 0 Å². The van der Waals surface area contributed by atoms with Crippen LogP contribution in [0.25, 0.3) is 0 Å². The summed E-state index contributed by atoms with van der Waals surface area (Å²) in [7, 11) is 0. The predicted octanol–water partition coefficient (Wildman–Crippen LogP) is 1.14. The topological polar surface area (TPSA) is 53.5 Å². The van der Waals surface area contributed by atoms with Gasteiger partial charge in [-0.25, -0.2) is 0 Å². The second-order valence-electron chi connectivity index (χ2n) is 6.34. The zero-order chi connectivity index (χ0) is 13.6. The summed E-state index contributed by atoms with van der Waals surface area (Å²) < 4.78 is 5.44. The number of hydrogen-bond donors (Lipinski definition) is 3. The molecule has 1 rings (SSSR count). The largest absolute Gasteiger partial charge is 0.389 e. The Morgan fingerprint density at radius 1 is 1.44 bits per heavy atom. The van der Waals surface area contributed by atoms with E-state index in [4.69, 9.17) is 4.74 Å². The number of aliphatic hydroxyl groups is 1. The van der Waals surface area contributed by atoms with Crippen LogP contribution in [0.3, 0.4) is 0 Å². The van der Waals surface area contributed by atoms with Gasteiger partial charge in [0.2, 0.25) is 0 Å². The normalized spacial score (nSPS) is 26.0. The van der Waals surface area contributed by atoms with Crippen LogP contribution >= 0.6 is 0 Å². The highest BCUT2D eigenvalue weighted by molar-refractivity contribution is 4.81. The molecular weight excluding hydrogens is 228 g/mol. The third-order valence-electron chi connectivity index (χ3n) is 3.32. The molecule has 1 saturated heterocycles. The molecular formula is C14H30N2O2. The summed E-state index contributed by atoms with van der Waals surface area (Å²) in [5, 5.41) is 17.1. The third-order valence-corrected chi connectivity index (χ3v) is 3.32. The molecule has 4 heteroatoms. The number of rotatable bonds is 7. The van der Waals surface area contributed by atoms with Crippen LogP contribution in [0.1, 0.15) is 40.5 Å². The maximum absolute atomic E-state index is 10.2. The molecule has 1 heterocycles. The van der Waals surface area contributed by atoms with Gasteiger partial charge in [0, 0.05) is 25.2 Å². The van der Waals surface area contributed by atoms with Crippen LogP contribution in [-0.4, -0.2) is 49.1 Å². The van der Waals surface area contributed by atoms with Crippen molar-refractivity contribution >= 4 is 0 Å². The number of hydrogen-bond acceptors (Lipinski definition) is 4. The molecule has 3 N–H and O–H groups in total. The van der Waals surface area contributed by atoms with Crippen LogP contribution < -0.4 is 10.6 Å². The molecule has 0 aromatic heterocycles. The molecule has 3 unspecified atom stereocenters. The minimum atomic E-state index is -0.612. The van der Waals surface area contributed by atoms with Gasteiger partial charge in [-0.3, -0.25) is 0 Å². The number of morpholine rings is 1. The molecule has 0 aliphatic carbocycles. The second-order valence-corrected chi connectivity index (χ2v) is 6.34. The van der Waals surface area contributed by atoms with Gasteiger partial charge in [-0.1, -0.05) is 13.8 Å². The molecule has 0 radical (unpaired) electrons. The summed E-state index contributed by atoms with van der Waals surface area (Å²) in [5.74, 6) is 0.519. The Kier molecular flexibility index (Phi) is 6.57. The van der Waals surface area contributed by atoms with Crippen LogP contribution in [-0.2, 0) is 4.74 Å². The Morgan fingerprint density at radius 2 is 2.17 bits per heavy atom. The molecule has 108 valence electrons. The SMILES string of the molecule is CC(C)CC(C)(O)CNC(C)CC1COCCN1. The van der Waals surface area contributed by atoms with Crippen molar-refractivity contribution in [2.45, 2.75) is 58.2 Å². The molecule has 4 nitrogen and oxygen atoms in total. The first kappa shape index (κ1) is 15.9. The molecule has 3 atom stereocenters. The second kappa shape index (κ2) is 7.43. The van der Waals surface area contributed by atoms with E-state index in [-0.39, 0.29) is 0 Å². The van der Waals surface area contributed by atoms with Gasteiger partial charge >= 0.3 is 0 Å². The summed E-state index contributed by atoms with van der Waals surface area (Å²) in [6.07, 6.45) is 1.87. The first-order valence-electron chi connectivity index (χ1n) is 7.16. The lowest BCUT2D eigenvalue weighted by Gasteiger charge is -2.30. The van der Waals surface area contributed by atoms with E-state index >= 15 is 0 Å². The number of nitrogens with one attached hydrogen (secondary N) is 2. The van der Waals surface area contributed by atoms with Crippen molar-refractivity contribution in [3.63, 3.8) is 0 Å². The van der Waals surface area contributed by atoms with Crippen molar-refractivity contribution in [1.29, 1.82) is 0 Å². The molecule has 0 saturated carbocycles. The lowest BCUT2D eigenvalue weighted by molar-refractivity contribution is 0.0338. The Balaban J connectivity index is 2.20. The minimum absolute atomic E-state index is 0.392. The van der Waals surface area contributed by atoms with Crippen molar-refractivity contribution in [2.24, 2.45) is 5.92 Å². The van der Waals surface area contributed by atoms with Crippen LogP contribution in [0.5, 0.6) is 0 Å². The van der Waals surface area contributed by atoms with E-state index in [0.717, 1.165) is 32.6 Å². The van der Waals surface area contributed by atoms with Gasteiger partial charge in [0.05, 0.1) is 18.8 Å². The Labute approximate surface area is 111 Å². The smallest absolute Gasteiger partial charge is 0.0746 e. The first-order valence-corrected chi connectivity index (χ1v) is 7.16. The zero-order valence-corrected chi connectivity index (χ0v) is 12.3. The van der Waals surface area contributed by atoms with Gasteiger partial charge in [0.25, 0.3) is 0 Å². The molecule has 0 spiro atoms. The summed E-state index contributed by atoms with van der Waals surface area (Å²) >= 11 is 0. The van der Waals surface area contributed by atoms with E-state index < -0.39 is 5.60 Å². The summed E-state index contributed by atoms with van der Waals surface area (Å²) in [6.45, 7) is 11.6. The fourth-order valence-corrected chi connectivity index (χ4v) is 2.63. The molecule has 0 aromatic carbocycles. The van der Waals surface area contributed by atoms with E-state index in [1.54, 1.807) is 0 Å². The monoisotopic (exact) mass is 258 g/mol. The zero-order valence-electron chi connectivity index (χ0n) is 12.3. The predicted molar refractivity (Wildman–Crippen MR) is 74.8 cm³/mol. The van der Waals surface area contributed by atoms with Crippen LogP contribution in [0, 0.1) is 5.92 Å². The summed E-state index contributed by atoms with van der Waals surface area (Å²) in [5.41, 5.74) is -0.612. The molecule has 1 aliphatic heterocycles. The summed E-state index contributed by atoms with van der Waals surface area (Å²) in [6, 6.07) is 0.833. The standard InChI is InChI=1S/C14H30N2O2/c1-11(2)8-14(4,17)10-16-12(3)7-13-9-18-6-5-15-13/h11-13,15-17H,5-10H2,1-4H3. The average Bonchev–Trinajstić information content (AvgIpc) is 2.26. The van der Waals surface area contributed by atoms with Gasteiger partial charge in [-0.05, 0) is 32.6 Å². The highest BCUT2D eigenvalue weighted by Crippen LogP contribution is 2.15. The van der Waals surface area contributed by atoms with E-state index in [1.807, 2.05) is 6.92 Å². The first-order chi connectivity index (χ1) is 8.39. The molecule has 0 bridgehead atoms. The van der Waals surface area contributed by atoms with Gasteiger partial charge < -0.3 is 20.5 Å². The van der Waals surface area contributed by atoms with Crippen LogP contribution in [0.4, 0.5) is 0 Å². The Bertz CT molecular complexity index is 226. The van der Waals surface area contributed by atoms with Gasteiger partial charge in [-0.15, -0.1) is 0 Å². The lowest BCUT2D eigenvalue weighted by Crippen LogP contribution is -2.47. The lowest BCUT2D eigenvalue weighted by atomic mass is 9.94. The highest BCUT2D eigenvalue weighted by Gasteiger charge is 2.23. The molecule has 1 fully saturated rings. The van der Waals surface area contributed by atoms with E-state index in [2.05, 4.69) is 31.4 Å². The Morgan fingerprint density at radius 3 is 2.72 bits per heavy atom.